The third kappa shape index (κ3) is 4.60. The lowest BCUT2D eigenvalue weighted by Gasteiger charge is -2.21. The molecule has 0 spiro atoms. The Morgan fingerprint density at radius 3 is 2.43 bits per heavy atom. The standard InChI is InChI=1S/C15H22N4O3S/c1-11-5-7-14(8-6-11)23(20,21)16-9-10-19(4)12(2)15-18-17-13(3)22-15/h5-8,12,16H,9-10H2,1-4H3/t12-/m0/s1. The van der Waals surface area contributed by atoms with Crippen LogP contribution in [0.1, 0.15) is 30.3 Å². The van der Waals surface area contributed by atoms with Gasteiger partial charge in [0, 0.05) is 20.0 Å². The first kappa shape index (κ1) is 17.6. The second-order valence-corrected chi connectivity index (χ2v) is 7.29. The predicted octanol–water partition coefficient (Wildman–Crippen LogP) is 1.66. The number of rotatable bonds is 7. The fourth-order valence-corrected chi connectivity index (χ4v) is 3.04. The third-order valence-electron chi connectivity index (χ3n) is 3.65. The Kier molecular flexibility index (Phi) is 5.51. The molecular formula is C15H22N4O3S. The Balaban J connectivity index is 1.89. The Bertz CT molecular complexity index is 740. The number of benzene rings is 1. The molecule has 0 amide bonds. The smallest absolute Gasteiger partial charge is 0.240 e. The molecule has 0 aliphatic rings. The maximum Gasteiger partial charge on any atom is 0.240 e. The molecule has 7 nitrogen and oxygen atoms in total. The molecule has 8 heteroatoms. The van der Waals surface area contributed by atoms with Gasteiger partial charge in [0.1, 0.15) is 0 Å². The van der Waals surface area contributed by atoms with E-state index in [4.69, 9.17) is 4.42 Å². The highest BCUT2D eigenvalue weighted by Crippen LogP contribution is 2.16. The molecule has 0 aliphatic heterocycles. The van der Waals surface area contributed by atoms with E-state index in [0.29, 0.717) is 24.9 Å². The first-order valence-corrected chi connectivity index (χ1v) is 8.84. The number of likely N-dealkylation sites (N-methyl/N-ethyl adjacent to an activating group) is 1. The molecule has 0 unspecified atom stereocenters. The Morgan fingerprint density at radius 1 is 1.22 bits per heavy atom. The van der Waals surface area contributed by atoms with Crippen LogP contribution in [-0.4, -0.2) is 43.7 Å². The molecule has 0 bridgehead atoms. The van der Waals surface area contributed by atoms with Crippen molar-refractivity contribution in [1.29, 1.82) is 0 Å². The lowest BCUT2D eigenvalue weighted by atomic mass is 10.2. The molecule has 1 aromatic heterocycles. The number of aromatic nitrogens is 2. The highest BCUT2D eigenvalue weighted by atomic mass is 32.2. The van der Waals surface area contributed by atoms with E-state index < -0.39 is 10.0 Å². The van der Waals surface area contributed by atoms with Crippen LogP contribution in [0.5, 0.6) is 0 Å². The van der Waals surface area contributed by atoms with Crippen molar-refractivity contribution in [2.24, 2.45) is 0 Å². The summed E-state index contributed by atoms with van der Waals surface area (Å²) in [6.07, 6.45) is 0. The van der Waals surface area contributed by atoms with E-state index in [9.17, 15) is 8.42 Å². The summed E-state index contributed by atoms with van der Waals surface area (Å²) >= 11 is 0. The van der Waals surface area contributed by atoms with Gasteiger partial charge in [-0.05, 0) is 33.0 Å². The largest absolute Gasteiger partial charge is 0.424 e. The van der Waals surface area contributed by atoms with E-state index in [1.807, 2.05) is 25.8 Å². The monoisotopic (exact) mass is 338 g/mol. The maximum absolute atomic E-state index is 12.2. The molecule has 0 aliphatic carbocycles. The van der Waals surface area contributed by atoms with Gasteiger partial charge in [-0.15, -0.1) is 10.2 Å². The number of hydrogen-bond acceptors (Lipinski definition) is 6. The fourth-order valence-electron chi connectivity index (χ4n) is 2.02. The summed E-state index contributed by atoms with van der Waals surface area (Å²) in [5, 5.41) is 7.78. The van der Waals surface area contributed by atoms with E-state index in [1.165, 1.54) is 0 Å². The van der Waals surface area contributed by atoms with Gasteiger partial charge in [0.15, 0.2) is 0 Å². The molecule has 2 rings (SSSR count). The van der Waals surface area contributed by atoms with E-state index in [1.54, 1.807) is 31.2 Å². The Morgan fingerprint density at radius 2 is 1.87 bits per heavy atom. The van der Waals surface area contributed by atoms with Gasteiger partial charge >= 0.3 is 0 Å². The highest BCUT2D eigenvalue weighted by Gasteiger charge is 2.18. The van der Waals surface area contributed by atoms with Crippen LogP contribution in [0.15, 0.2) is 33.6 Å². The molecule has 1 atom stereocenters. The van der Waals surface area contributed by atoms with E-state index in [2.05, 4.69) is 14.9 Å². The minimum Gasteiger partial charge on any atom is -0.424 e. The van der Waals surface area contributed by atoms with Gasteiger partial charge in [-0.25, -0.2) is 13.1 Å². The number of hydrogen-bond donors (Lipinski definition) is 1. The van der Waals surface area contributed by atoms with Crippen LogP contribution in [0, 0.1) is 13.8 Å². The van der Waals surface area contributed by atoms with Gasteiger partial charge < -0.3 is 4.42 Å². The van der Waals surface area contributed by atoms with Crippen molar-refractivity contribution in [1.82, 2.24) is 19.8 Å². The minimum absolute atomic E-state index is 0.0833. The number of sulfonamides is 1. The summed E-state index contributed by atoms with van der Waals surface area (Å²) in [5.41, 5.74) is 1.02. The summed E-state index contributed by atoms with van der Waals surface area (Å²) in [6, 6.07) is 6.68. The van der Waals surface area contributed by atoms with Gasteiger partial charge in [0.2, 0.25) is 21.8 Å². The lowest BCUT2D eigenvalue weighted by Crippen LogP contribution is -2.34. The van der Waals surface area contributed by atoms with Crippen LogP contribution in [0.4, 0.5) is 0 Å². The molecule has 0 fully saturated rings. The lowest BCUT2D eigenvalue weighted by molar-refractivity contribution is 0.226. The van der Waals surface area contributed by atoms with Crippen LogP contribution in [-0.2, 0) is 10.0 Å². The molecule has 0 saturated carbocycles. The first-order chi connectivity index (χ1) is 10.8. The van der Waals surface area contributed by atoms with Crippen molar-refractivity contribution in [3.8, 4) is 0 Å². The third-order valence-corrected chi connectivity index (χ3v) is 5.13. The number of nitrogens with one attached hydrogen (secondary N) is 1. The van der Waals surface area contributed by atoms with Crippen molar-refractivity contribution in [2.45, 2.75) is 31.7 Å². The summed E-state index contributed by atoms with van der Waals surface area (Å²) in [7, 11) is -1.61. The van der Waals surface area contributed by atoms with Crippen molar-refractivity contribution in [3.05, 3.63) is 41.6 Å². The second-order valence-electron chi connectivity index (χ2n) is 5.53. The number of nitrogens with zero attached hydrogens (tertiary/aromatic N) is 3. The molecule has 1 N–H and O–H groups in total. The molecule has 0 saturated heterocycles. The van der Waals surface area contributed by atoms with Crippen LogP contribution >= 0.6 is 0 Å². The van der Waals surface area contributed by atoms with E-state index in [0.717, 1.165) is 5.56 Å². The molecule has 1 heterocycles. The Hall–Kier alpha value is -1.77. The van der Waals surface area contributed by atoms with Crippen molar-refractivity contribution >= 4 is 10.0 Å². The molecule has 2 aromatic rings. The molecule has 0 radical (unpaired) electrons. The topological polar surface area (TPSA) is 88.3 Å². The average molecular weight is 338 g/mol. The first-order valence-electron chi connectivity index (χ1n) is 7.36. The Labute approximate surface area is 136 Å². The maximum atomic E-state index is 12.2. The molecule has 23 heavy (non-hydrogen) atoms. The van der Waals surface area contributed by atoms with E-state index in [-0.39, 0.29) is 10.9 Å². The van der Waals surface area contributed by atoms with Crippen LogP contribution in [0.3, 0.4) is 0 Å². The zero-order chi connectivity index (χ0) is 17.0. The van der Waals surface area contributed by atoms with Gasteiger partial charge in [-0.2, -0.15) is 0 Å². The molecule has 126 valence electrons. The average Bonchev–Trinajstić information content (AvgIpc) is 2.93. The summed E-state index contributed by atoms with van der Waals surface area (Å²) in [5.74, 6) is 1.03. The van der Waals surface area contributed by atoms with Crippen LogP contribution < -0.4 is 4.72 Å². The van der Waals surface area contributed by atoms with Gasteiger partial charge in [0.25, 0.3) is 0 Å². The zero-order valence-corrected chi connectivity index (χ0v) is 14.6. The highest BCUT2D eigenvalue weighted by molar-refractivity contribution is 7.89. The second kappa shape index (κ2) is 7.20. The van der Waals surface area contributed by atoms with Gasteiger partial charge in [0.05, 0.1) is 10.9 Å². The predicted molar refractivity (Wildman–Crippen MR) is 86.4 cm³/mol. The normalized spacial score (nSPS) is 13.4. The van der Waals surface area contributed by atoms with Crippen molar-refractivity contribution < 1.29 is 12.8 Å². The summed E-state index contributed by atoms with van der Waals surface area (Å²) in [6.45, 7) is 6.40. The fraction of sp³-hybridized carbons (Fsp3) is 0.467. The quantitative estimate of drug-likeness (QED) is 0.826. The van der Waals surface area contributed by atoms with Crippen molar-refractivity contribution in [2.75, 3.05) is 20.1 Å². The van der Waals surface area contributed by atoms with Gasteiger partial charge in [-0.1, -0.05) is 17.7 Å². The minimum atomic E-state index is -3.49. The SMILES string of the molecule is Cc1ccc(S(=O)(=O)NCCN(C)[C@@H](C)c2nnc(C)o2)cc1. The number of aryl methyl sites for hydroxylation is 2. The summed E-state index contributed by atoms with van der Waals surface area (Å²) in [4.78, 5) is 2.22. The molecular weight excluding hydrogens is 316 g/mol. The van der Waals surface area contributed by atoms with Gasteiger partial charge in [-0.3, -0.25) is 4.90 Å². The zero-order valence-electron chi connectivity index (χ0n) is 13.8. The molecule has 1 aromatic carbocycles. The van der Waals surface area contributed by atoms with E-state index >= 15 is 0 Å². The van der Waals surface area contributed by atoms with Crippen LogP contribution in [0.25, 0.3) is 0 Å². The van der Waals surface area contributed by atoms with Crippen LogP contribution in [0.2, 0.25) is 0 Å². The van der Waals surface area contributed by atoms with Crippen molar-refractivity contribution in [3.63, 3.8) is 0 Å². The summed E-state index contributed by atoms with van der Waals surface area (Å²) < 4.78 is 32.4.